The fraction of sp³-hybridized carbons (Fsp3) is 0. The van der Waals surface area contributed by atoms with Crippen LogP contribution in [0.4, 0.5) is 0 Å². The smallest absolute Gasteiger partial charge is 2.00 e. The fourth-order valence-corrected chi connectivity index (χ4v) is 0. The Morgan fingerprint density at radius 2 is 0.571 bits per heavy atom. The van der Waals surface area contributed by atoms with Gasteiger partial charge in [0, 0.05) is 0 Å². The van der Waals surface area contributed by atoms with Gasteiger partial charge in [0.2, 0.25) is 0 Å². The Morgan fingerprint density at radius 1 is 0.571 bits per heavy atom. The minimum Gasteiger partial charge on any atom is -2.00 e. The van der Waals surface area contributed by atoms with Crippen molar-refractivity contribution in [1.82, 2.24) is 0 Å². The molecule has 0 aliphatic rings. The van der Waals surface area contributed by atoms with Crippen molar-refractivity contribution in [3.63, 3.8) is 0 Å². The average molecular weight is 284 g/mol. The van der Waals surface area contributed by atoms with Gasteiger partial charge in [0.1, 0.15) is 0 Å². The predicted octanol–water partition coefficient (Wildman–Crippen LogP) is -2.89. The summed E-state index contributed by atoms with van der Waals surface area (Å²) >= 11 is 0. The zero-order valence-corrected chi connectivity index (χ0v) is 6.42. The molecule has 0 unspecified atom stereocenters. The van der Waals surface area contributed by atoms with Crippen molar-refractivity contribution in [2.75, 3.05) is 0 Å². The van der Waals surface area contributed by atoms with Crippen molar-refractivity contribution in [2.24, 2.45) is 0 Å². The number of rotatable bonds is 0. The van der Waals surface area contributed by atoms with E-state index >= 15 is 0 Å². The summed E-state index contributed by atoms with van der Waals surface area (Å²) in [5.74, 6) is 0. The van der Waals surface area contributed by atoms with Gasteiger partial charge in [0.05, 0.1) is 0 Å². The first-order valence-electron chi connectivity index (χ1n) is 0. The Bertz CT molecular complexity index is 4.14. The largest absolute Gasteiger partial charge is 5.00 e. The molecule has 0 bridgehead atoms. The Balaban J connectivity index is 0. The maximum atomic E-state index is 0. The van der Waals surface area contributed by atoms with E-state index < -0.39 is 0 Å². The van der Waals surface area contributed by atoms with Gasteiger partial charge >= 0.3 is 22.4 Å². The third-order valence-corrected chi connectivity index (χ3v) is 0. The van der Waals surface area contributed by atoms with Gasteiger partial charge in [-0.3, -0.25) is 0 Å². The first-order chi connectivity index (χ1) is 0. The van der Waals surface area contributed by atoms with Crippen LogP contribution in [-0.4, -0.2) is 21.9 Å². The van der Waals surface area contributed by atoms with E-state index in [-0.39, 0.29) is 55.2 Å². The summed E-state index contributed by atoms with van der Waals surface area (Å²) in [5.41, 5.74) is 0. The molecule has 0 saturated heterocycles. The van der Waals surface area contributed by atoms with Crippen LogP contribution in [0.15, 0.2) is 0 Å². The van der Waals surface area contributed by atoms with Crippen molar-refractivity contribution < 1.29 is 55.2 Å². The van der Waals surface area contributed by atoms with Gasteiger partial charge in [-0.1, -0.05) is 0 Å². The molecular formula is H7O6Ta. The van der Waals surface area contributed by atoms with Gasteiger partial charge < -0.3 is 32.9 Å². The topological polar surface area (TPSA) is 182 Å². The molecule has 0 fully saturated rings. The normalized spacial score (nSPS) is 0. The van der Waals surface area contributed by atoms with E-state index in [4.69, 9.17) is 0 Å². The monoisotopic (exact) mass is 284 g/mol. The van der Waals surface area contributed by atoms with Crippen molar-refractivity contribution >= 4 is 0 Å². The van der Waals surface area contributed by atoms with Crippen LogP contribution in [0.5, 0.6) is 0 Å². The molecule has 0 aromatic heterocycles. The Labute approximate surface area is 55.9 Å². The van der Waals surface area contributed by atoms with Gasteiger partial charge in [-0.2, -0.15) is 0 Å². The van der Waals surface area contributed by atoms with E-state index in [1.807, 2.05) is 0 Å². The summed E-state index contributed by atoms with van der Waals surface area (Å²) in [7, 11) is 0. The van der Waals surface area contributed by atoms with Crippen LogP contribution in [0.3, 0.4) is 0 Å². The molecule has 0 spiro atoms. The van der Waals surface area contributed by atoms with Crippen molar-refractivity contribution in [3.8, 4) is 0 Å². The molecule has 0 aromatic rings. The molecule has 7 heteroatoms. The summed E-state index contributed by atoms with van der Waals surface area (Å²) in [4.78, 5) is 0. The molecule has 6 nitrogen and oxygen atoms in total. The molecule has 7 N–H and O–H groups in total. The SMILES string of the molecule is O.O.O.[O-2].[O-2].[OH-].[Ta+5]. The van der Waals surface area contributed by atoms with Crippen LogP contribution >= 0.6 is 0 Å². The minimum absolute atomic E-state index is 0. The number of hydrogen-bond donors (Lipinski definition) is 0. The molecule has 0 aliphatic carbocycles. The van der Waals surface area contributed by atoms with E-state index in [0.717, 1.165) is 0 Å². The second-order valence-electron chi connectivity index (χ2n) is 0. The van der Waals surface area contributed by atoms with E-state index in [1.54, 1.807) is 0 Å². The summed E-state index contributed by atoms with van der Waals surface area (Å²) < 4.78 is 0. The summed E-state index contributed by atoms with van der Waals surface area (Å²) in [6.07, 6.45) is 0. The van der Waals surface area contributed by atoms with E-state index in [2.05, 4.69) is 0 Å². The Hall–Kier alpha value is 0.500. The van der Waals surface area contributed by atoms with E-state index in [9.17, 15) is 0 Å². The molecule has 0 amide bonds. The van der Waals surface area contributed by atoms with Gasteiger partial charge in [-0.25, -0.2) is 0 Å². The average Bonchev–Trinajstić information content (AvgIpc) is 0. The zero-order valence-electron chi connectivity index (χ0n) is 3.21. The van der Waals surface area contributed by atoms with Crippen LogP contribution in [-0.2, 0) is 33.3 Å². The second kappa shape index (κ2) is 786. The second-order valence-corrected chi connectivity index (χ2v) is 0. The molecule has 0 heterocycles. The molecule has 48 valence electrons. The first kappa shape index (κ1) is 1270. The summed E-state index contributed by atoms with van der Waals surface area (Å²) in [6, 6.07) is 0. The van der Waals surface area contributed by atoms with Gasteiger partial charge in [0.25, 0.3) is 0 Å². The Morgan fingerprint density at radius 3 is 0.571 bits per heavy atom. The van der Waals surface area contributed by atoms with E-state index in [1.165, 1.54) is 0 Å². The van der Waals surface area contributed by atoms with Crippen LogP contribution in [0, 0.1) is 0 Å². The fourth-order valence-electron chi connectivity index (χ4n) is 0. The first-order valence-corrected chi connectivity index (χ1v) is 0. The van der Waals surface area contributed by atoms with Crippen LogP contribution in [0.2, 0.25) is 0 Å². The van der Waals surface area contributed by atoms with Crippen molar-refractivity contribution in [3.05, 3.63) is 0 Å². The van der Waals surface area contributed by atoms with Crippen molar-refractivity contribution in [2.45, 2.75) is 0 Å². The van der Waals surface area contributed by atoms with Crippen molar-refractivity contribution in [1.29, 1.82) is 0 Å². The van der Waals surface area contributed by atoms with E-state index in [0.29, 0.717) is 0 Å². The summed E-state index contributed by atoms with van der Waals surface area (Å²) in [6.45, 7) is 0. The third kappa shape index (κ3) is 526. The van der Waals surface area contributed by atoms with Crippen LogP contribution < -0.4 is 0 Å². The van der Waals surface area contributed by atoms with Crippen LogP contribution in [0.1, 0.15) is 0 Å². The molecule has 0 radical (unpaired) electrons. The molecule has 0 atom stereocenters. The van der Waals surface area contributed by atoms with Gasteiger partial charge in [0.15, 0.2) is 0 Å². The minimum atomic E-state index is 0. The zero-order chi connectivity index (χ0) is 0. The molecule has 0 aliphatic heterocycles. The molecular weight excluding hydrogens is 277 g/mol. The van der Waals surface area contributed by atoms with Gasteiger partial charge in [-0.15, -0.1) is 0 Å². The maximum absolute atomic E-state index is 0. The van der Waals surface area contributed by atoms with Crippen LogP contribution in [0.25, 0.3) is 0 Å². The maximum Gasteiger partial charge on any atom is 5.00 e. The Kier molecular flexibility index (Phi) is 142000. The molecule has 0 rings (SSSR count). The summed E-state index contributed by atoms with van der Waals surface area (Å²) in [5, 5.41) is 0. The predicted molar refractivity (Wildman–Crippen MR) is 14.2 cm³/mol. The molecule has 0 saturated carbocycles. The third-order valence-electron chi connectivity index (χ3n) is 0. The quantitative estimate of drug-likeness (QED) is 0.455. The van der Waals surface area contributed by atoms with Gasteiger partial charge in [-0.05, 0) is 0 Å². The number of hydrogen-bond acceptors (Lipinski definition) is 1. The molecule has 0 aromatic carbocycles. The standard InChI is InChI=1S/4H2O.2O.Ta/h4*1H2;;;/q;;;;2*-2;+5/p-1. The molecule has 7 heavy (non-hydrogen) atoms.